The van der Waals surface area contributed by atoms with Gasteiger partial charge in [0.05, 0.1) is 5.56 Å². The fourth-order valence-electron chi connectivity index (χ4n) is 2.42. The van der Waals surface area contributed by atoms with E-state index in [0.717, 1.165) is 6.08 Å². The highest BCUT2D eigenvalue weighted by Gasteiger charge is 2.16. The molecule has 0 spiro atoms. The summed E-state index contributed by atoms with van der Waals surface area (Å²) in [5.41, 5.74) is 12.5. The van der Waals surface area contributed by atoms with E-state index in [0.29, 0.717) is 11.1 Å². The number of carbonyl (C=O) groups is 3. The van der Waals surface area contributed by atoms with Gasteiger partial charge in [0.25, 0.3) is 5.91 Å². The zero-order chi connectivity index (χ0) is 21.0. The van der Waals surface area contributed by atoms with Gasteiger partial charge in [0.15, 0.2) is 0 Å². The van der Waals surface area contributed by atoms with E-state index in [9.17, 15) is 14.4 Å². The molecule has 2 rings (SSSR count). The average Bonchev–Trinajstić information content (AvgIpc) is 2.66. The van der Waals surface area contributed by atoms with Gasteiger partial charge in [-0.3, -0.25) is 15.0 Å². The summed E-state index contributed by atoms with van der Waals surface area (Å²) in [4.78, 5) is 36.6. The maximum Gasteiger partial charge on any atom is 0.335 e. The topological polar surface area (TPSA) is 151 Å². The van der Waals surface area contributed by atoms with Crippen LogP contribution >= 0.6 is 0 Å². The van der Waals surface area contributed by atoms with Crippen LogP contribution < -0.4 is 11.5 Å². The number of hydrogen-bond acceptors (Lipinski definition) is 6. The molecule has 0 aliphatic carbocycles. The molecule has 2 aromatic rings. The lowest BCUT2D eigenvalue weighted by Gasteiger charge is -2.10. The van der Waals surface area contributed by atoms with E-state index in [1.807, 2.05) is 0 Å². The fourth-order valence-corrected chi connectivity index (χ4v) is 2.42. The van der Waals surface area contributed by atoms with Crippen LogP contribution in [0.2, 0.25) is 0 Å². The molecule has 6 N–H and O–H groups in total. The Bertz CT molecular complexity index is 992. The van der Waals surface area contributed by atoms with E-state index in [-0.39, 0.29) is 28.4 Å². The van der Waals surface area contributed by atoms with E-state index in [4.69, 9.17) is 22.0 Å². The minimum Gasteiger partial charge on any atom is -0.478 e. The molecule has 0 aliphatic heterocycles. The zero-order valence-electron chi connectivity index (χ0n) is 15.4. The molecular formula is C20H20N4O4. The van der Waals surface area contributed by atoms with Crippen LogP contribution in [0.3, 0.4) is 0 Å². The Morgan fingerprint density at radius 1 is 1.00 bits per heavy atom. The lowest BCUT2D eigenvalue weighted by atomic mass is 10.0. The van der Waals surface area contributed by atoms with Gasteiger partial charge < -0.3 is 21.5 Å². The summed E-state index contributed by atoms with van der Waals surface area (Å²) in [6, 6.07) is 10.2. The van der Waals surface area contributed by atoms with Crippen molar-refractivity contribution >= 4 is 34.8 Å². The first-order valence-electron chi connectivity index (χ1n) is 8.17. The van der Waals surface area contributed by atoms with Gasteiger partial charge in [-0.1, -0.05) is 12.1 Å². The lowest BCUT2D eigenvalue weighted by Crippen LogP contribution is -2.21. The summed E-state index contributed by atoms with van der Waals surface area (Å²) in [5, 5.41) is 17.0. The van der Waals surface area contributed by atoms with Crippen LogP contribution in [0.4, 0.5) is 5.69 Å². The van der Waals surface area contributed by atoms with Crippen LogP contribution in [0.5, 0.6) is 0 Å². The van der Waals surface area contributed by atoms with Crippen LogP contribution in [-0.4, -0.2) is 47.5 Å². The Kier molecular flexibility index (Phi) is 5.95. The first-order valence-corrected chi connectivity index (χ1v) is 8.17. The number of nitrogens with one attached hydrogen (secondary N) is 1. The Hall–Kier alpha value is -3.94. The molecule has 2 aromatic carbocycles. The second-order valence-corrected chi connectivity index (χ2v) is 6.22. The minimum atomic E-state index is -1.16. The number of rotatable bonds is 6. The molecule has 0 radical (unpaired) electrons. The molecule has 0 aromatic heterocycles. The Morgan fingerprint density at radius 3 is 2.04 bits per heavy atom. The Morgan fingerprint density at radius 2 is 1.54 bits per heavy atom. The molecule has 28 heavy (non-hydrogen) atoms. The fraction of sp³-hybridized carbons (Fsp3) is 0.100. The SMILES string of the molecule is CN(C)C(=O)c1ccc(C(N)=CC(=O)C(=N)c2ccc(C(=O)O)cc2N)cc1. The number of hydrogen-bond donors (Lipinski definition) is 4. The van der Waals surface area contributed by atoms with Crippen molar-refractivity contribution in [2.75, 3.05) is 19.8 Å². The van der Waals surface area contributed by atoms with Crippen molar-refractivity contribution in [1.82, 2.24) is 4.90 Å². The molecule has 8 nitrogen and oxygen atoms in total. The molecule has 144 valence electrons. The molecule has 1 amide bonds. The maximum absolute atomic E-state index is 12.3. The van der Waals surface area contributed by atoms with Crippen molar-refractivity contribution in [3.63, 3.8) is 0 Å². The number of nitrogen functional groups attached to an aromatic ring is 1. The number of ketones is 1. The first-order chi connectivity index (χ1) is 13.1. The standard InChI is InChI=1S/C20H20N4O4/c1-24(2)19(26)12-5-3-11(4-6-12)15(21)10-17(25)18(23)14-8-7-13(20(27)28)9-16(14)22/h3-10,23H,21-22H2,1-2H3,(H,27,28). The van der Waals surface area contributed by atoms with Crippen molar-refractivity contribution in [1.29, 1.82) is 5.41 Å². The summed E-state index contributed by atoms with van der Waals surface area (Å²) < 4.78 is 0. The van der Waals surface area contributed by atoms with Gasteiger partial charge in [0.2, 0.25) is 5.78 Å². The largest absolute Gasteiger partial charge is 0.478 e. The molecular weight excluding hydrogens is 360 g/mol. The normalized spacial score (nSPS) is 11.0. The van der Waals surface area contributed by atoms with Crippen LogP contribution in [-0.2, 0) is 4.79 Å². The van der Waals surface area contributed by atoms with E-state index < -0.39 is 17.5 Å². The van der Waals surface area contributed by atoms with Gasteiger partial charge in [-0.05, 0) is 35.9 Å². The zero-order valence-corrected chi connectivity index (χ0v) is 15.4. The highest BCUT2D eigenvalue weighted by atomic mass is 16.4. The molecule has 0 saturated carbocycles. The van der Waals surface area contributed by atoms with Crippen LogP contribution in [0, 0.1) is 5.41 Å². The minimum absolute atomic E-state index is 0.0109. The number of allylic oxidation sites excluding steroid dienone is 1. The van der Waals surface area contributed by atoms with Crippen molar-refractivity contribution in [3.8, 4) is 0 Å². The second kappa shape index (κ2) is 8.17. The quantitative estimate of drug-likeness (QED) is 0.339. The number of benzene rings is 2. The van der Waals surface area contributed by atoms with Crippen LogP contribution in [0.15, 0.2) is 48.5 Å². The molecule has 0 aliphatic rings. The first kappa shape index (κ1) is 20.4. The van der Waals surface area contributed by atoms with Crippen molar-refractivity contribution in [2.45, 2.75) is 0 Å². The monoisotopic (exact) mass is 380 g/mol. The molecule has 0 bridgehead atoms. The van der Waals surface area contributed by atoms with E-state index in [1.54, 1.807) is 38.4 Å². The van der Waals surface area contributed by atoms with Gasteiger partial charge in [-0.25, -0.2) is 4.79 Å². The smallest absolute Gasteiger partial charge is 0.335 e. The summed E-state index contributed by atoms with van der Waals surface area (Å²) in [6.45, 7) is 0. The number of anilines is 1. The third kappa shape index (κ3) is 4.42. The lowest BCUT2D eigenvalue weighted by molar-refractivity contribution is -0.108. The summed E-state index contributed by atoms with van der Waals surface area (Å²) in [7, 11) is 3.28. The van der Waals surface area contributed by atoms with Gasteiger partial charge >= 0.3 is 5.97 Å². The van der Waals surface area contributed by atoms with Crippen LogP contribution in [0.25, 0.3) is 5.70 Å². The summed E-state index contributed by atoms with van der Waals surface area (Å²) in [6.07, 6.45) is 1.09. The molecule has 0 saturated heterocycles. The van der Waals surface area contributed by atoms with Crippen LogP contribution in [0.1, 0.15) is 31.8 Å². The number of carbonyl (C=O) groups excluding carboxylic acids is 2. The van der Waals surface area contributed by atoms with E-state index in [1.165, 1.54) is 23.1 Å². The van der Waals surface area contributed by atoms with Gasteiger partial charge in [0.1, 0.15) is 5.71 Å². The third-order valence-corrected chi connectivity index (χ3v) is 3.97. The number of amides is 1. The predicted octanol–water partition coefficient (Wildman–Crippen LogP) is 1.61. The highest BCUT2D eigenvalue weighted by molar-refractivity contribution is 6.50. The molecule has 8 heteroatoms. The van der Waals surface area contributed by atoms with E-state index >= 15 is 0 Å². The number of carboxylic acid groups (broad SMARTS) is 1. The Balaban J connectivity index is 2.22. The van der Waals surface area contributed by atoms with Gasteiger partial charge in [-0.2, -0.15) is 0 Å². The maximum atomic E-state index is 12.3. The number of aromatic carboxylic acids is 1. The summed E-state index contributed by atoms with van der Waals surface area (Å²) >= 11 is 0. The Labute approximate surface area is 161 Å². The average molecular weight is 380 g/mol. The van der Waals surface area contributed by atoms with E-state index in [2.05, 4.69) is 0 Å². The second-order valence-electron chi connectivity index (χ2n) is 6.22. The highest BCUT2D eigenvalue weighted by Crippen LogP contribution is 2.17. The third-order valence-electron chi connectivity index (χ3n) is 3.97. The van der Waals surface area contributed by atoms with Crippen molar-refractivity contribution in [2.24, 2.45) is 5.73 Å². The van der Waals surface area contributed by atoms with Gasteiger partial charge in [-0.15, -0.1) is 0 Å². The van der Waals surface area contributed by atoms with Crippen molar-refractivity contribution in [3.05, 3.63) is 70.8 Å². The van der Waals surface area contributed by atoms with Gasteiger partial charge in [0, 0.05) is 42.7 Å². The van der Waals surface area contributed by atoms with Crippen molar-refractivity contribution < 1.29 is 19.5 Å². The number of nitrogens with zero attached hydrogens (tertiary/aromatic N) is 1. The number of nitrogens with two attached hydrogens (primary N) is 2. The predicted molar refractivity (Wildman–Crippen MR) is 106 cm³/mol. The summed E-state index contributed by atoms with van der Waals surface area (Å²) in [5.74, 6) is -2.00. The molecule has 0 fully saturated rings. The number of carboxylic acids is 1. The molecule has 0 heterocycles. The molecule has 0 unspecified atom stereocenters. The molecule has 0 atom stereocenters.